The molecule has 0 aliphatic carbocycles. The van der Waals surface area contributed by atoms with Crippen LogP contribution in [0.4, 0.5) is 5.82 Å². The van der Waals surface area contributed by atoms with Gasteiger partial charge in [-0.05, 0) is 36.4 Å². The van der Waals surface area contributed by atoms with E-state index in [1.54, 1.807) is 36.4 Å². The number of pyridine rings is 1. The minimum Gasteiger partial charge on any atom is -0.506 e. The molecule has 0 radical (unpaired) electrons. The summed E-state index contributed by atoms with van der Waals surface area (Å²) < 4.78 is 10.9. The molecule has 26 heavy (non-hydrogen) atoms. The molecular formula is C18H11Cl2N3O3. The number of aromatic nitrogens is 2. The number of rotatable bonds is 3. The van der Waals surface area contributed by atoms with Gasteiger partial charge in [-0.1, -0.05) is 28.4 Å². The van der Waals surface area contributed by atoms with E-state index in [2.05, 4.69) is 10.1 Å². The number of benzene rings is 2. The molecule has 0 unspecified atom stereocenters. The maximum atomic E-state index is 9.83. The van der Waals surface area contributed by atoms with Crippen LogP contribution in [0.2, 0.25) is 10.0 Å². The Morgan fingerprint density at radius 2 is 1.81 bits per heavy atom. The number of fused-ring (bicyclic) bond motifs is 1. The van der Waals surface area contributed by atoms with Crippen molar-refractivity contribution < 1.29 is 14.4 Å². The highest BCUT2D eigenvalue weighted by atomic mass is 35.5. The molecular weight excluding hydrogens is 377 g/mol. The zero-order chi connectivity index (χ0) is 18.3. The topological polar surface area (TPSA) is 94.4 Å². The molecule has 4 rings (SSSR count). The molecule has 0 bridgehead atoms. The summed E-state index contributed by atoms with van der Waals surface area (Å²) in [5.74, 6) is 1.05. The molecule has 8 heteroatoms. The van der Waals surface area contributed by atoms with E-state index < -0.39 is 0 Å². The summed E-state index contributed by atoms with van der Waals surface area (Å²) in [6, 6.07) is 13.2. The Hall–Kier alpha value is -2.96. The van der Waals surface area contributed by atoms with Gasteiger partial charge in [-0.3, -0.25) is 0 Å². The first-order valence-electron chi connectivity index (χ1n) is 7.49. The summed E-state index contributed by atoms with van der Waals surface area (Å²) >= 11 is 11.7. The molecule has 0 aliphatic rings. The van der Waals surface area contributed by atoms with Gasteiger partial charge in [0.15, 0.2) is 5.58 Å². The quantitative estimate of drug-likeness (QED) is 0.496. The average Bonchev–Trinajstić information content (AvgIpc) is 3.00. The van der Waals surface area contributed by atoms with Crippen molar-refractivity contribution in [3.8, 4) is 28.6 Å². The summed E-state index contributed by atoms with van der Waals surface area (Å²) in [5, 5.41) is 15.2. The molecule has 2 heterocycles. The Morgan fingerprint density at radius 1 is 1.04 bits per heavy atom. The van der Waals surface area contributed by atoms with Crippen molar-refractivity contribution in [1.29, 1.82) is 0 Å². The number of anilines is 1. The van der Waals surface area contributed by atoms with E-state index in [9.17, 15) is 5.11 Å². The summed E-state index contributed by atoms with van der Waals surface area (Å²) in [7, 11) is 0. The van der Waals surface area contributed by atoms with E-state index in [-0.39, 0.29) is 16.6 Å². The van der Waals surface area contributed by atoms with Crippen LogP contribution < -0.4 is 10.5 Å². The number of phenols is 1. The highest BCUT2D eigenvalue weighted by Gasteiger charge is 2.17. The first-order chi connectivity index (χ1) is 12.5. The van der Waals surface area contributed by atoms with Crippen molar-refractivity contribution in [2.45, 2.75) is 0 Å². The fraction of sp³-hybridized carbons (Fsp3) is 0. The summed E-state index contributed by atoms with van der Waals surface area (Å²) in [4.78, 5) is 4.25. The lowest BCUT2D eigenvalue weighted by atomic mass is 10.1. The van der Waals surface area contributed by atoms with Gasteiger partial charge in [0.05, 0.1) is 10.4 Å². The third-order valence-corrected chi connectivity index (χ3v) is 4.28. The molecule has 0 saturated carbocycles. The molecule has 0 amide bonds. The van der Waals surface area contributed by atoms with Gasteiger partial charge in [0, 0.05) is 22.7 Å². The lowest BCUT2D eigenvalue weighted by Gasteiger charge is -2.07. The number of halogens is 2. The van der Waals surface area contributed by atoms with Crippen LogP contribution in [0.1, 0.15) is 0 Å². The zero-order valence-corrected chi connectivity index (χ0v) is 14.6. The van der Waals surface area contributed by atoms with Crippen LogP contribution in [0.15, 0.2) is 53.1 Å². The molecule has 4 aromatic rings. The standard InChI is InChI=1S/C18H11Cl2N3O3/c19-9-1-3-10(4-2-9)25-16-6-5-11(18(21)22-16)17-12-7-14(24)13(20)8-15(12)26-23-17/h1-8,24H,(H2,21,22). The lowest BCUT2D eigenvalue weighted by Crippen LogP contribution is -1.97. The molecule has 2 aromatic heterocycles. The van der Waals surface area contributed by atoms with Crippen LogP contribution in [0.3, 0.4) is 0 Å². The van der Waals surface area contributed by atoms with E-state index in [0.29, 0.717) is 38.9 Å². The first-order valence-corrected chi connectivity index (χ1v) is 8.25. The van der Waals surface area contributed by atoms with Gasteiger partial charge >= 0.3 is 0 Å². The third-order valence-electron chi connectivity index (χ3n) is 3.73. The molecule has 0 atom stereocenters. The molecule has 0 aliphatic heterocycles. The van der Waals surface area contributed by atoms with Gasteiger partial charge in [-0.2, -0.15) is 4.98 Å². The van der Waals surface area contributed by atoms with Gasteiger partial charge in [0.1, 0.15) is 23.0 Å². The fourth-order valence-electron chi connectivity index (χ4n) is 2.48. The van der Waals surface area contributed by atoms with Crippen molar-refractivity contribution in [3.63, 3.8) is 0 Å². The van der Waals surface area contributed by atoms with Gasteiger partial charge in [0.25, 0.3) is 0 Å². The predicted molar refractivity (Wildman–Crippen MR) is 99.9 cm³/mol. The molecule has 130 valence electrons. The summed E-state index contributed by atoms with van der Waals surface area (Å²) in [6.45, 7) is 0. The highest BCUT2D eigenvalue weighted by Crippen LogP contribution is 2.37. The van der Waals surface area contributed by atoms with Gasteiger partial charge in [0.2, 0.25) is 5.88 Å². The maximum Gasteiger partial charge on any atom is 0.221 e. The van der Waals surface area contributed by atoms with E-state index in [0.717, 1.165) is 0 Å². The second-order valence-electron chi connectivity index (χ2n) is 5.47. The first kappa shape index (κ1) is 16.5. The average molecular weight is 388 g/mol. The van der Waals surface area contributed by atoms with E-state index in [1.165, 1.54) is 12.1 Å². The third kappa shape index (κ3) is 3.00. The fourth-order valence-corrected chi connectivity index (χ4v) is 2.76. The lowest BCUT2D eigenvalue weighted by molar-refractivity contribution is 0.457. The summed E-state index contributed by atoms with van der Waals surface area (Å²) in [6.07, 6.45) is 0. The molecule has 0 spiro atoms. The Morgan fingerprint density at radius 3 is 2.54 bits per heavy atom. The smallest absolute Gasteiger partial charge is 0.221 e. The van der Waals surface area contributed by atoms with Crippen molar-refractivity contribution in [3.05, 3.63) is 58.6 Å². The van der Waals surface area contributed by atoms with Crippen LogP contribution >= 0.6 is 23.2 Å². The Labute approximate surface area is 157 Å². The van der Waals surface area contributed by atoms with Crippen LogP contribution in [-0.4, -0.2) is 15.2 Å². The van der Waals surface area contributed by atoms with Gasteiger partial charge in [-0.15, -0.1) is 0 Å². The van der Waals surface area contributed by atoms with Crippen molar-refractivity contribution in [1.82, 2.24) is 10.1 Å². The summed E-state index contributed by atoms with van der Waals surface area (Å²) in [5.41, 5.74) is 7.50. The number of aromatic hydroxyl groups is 1. The van der Waals surface area contributed by atoms with Crippen molar-refractivity contribution in [2.24, 2.45) is 0 Å². The van der Waals surface area contributed by atoms with Gasteiger partial charge in [-0.25, -0.2) is 0 Å². The minimum absolute atomic E-state index is 0.0714. The number of hydrogen-bond donors (Lipinski definition) is 2. The molecule has 3 N–H and O–H groups in total. The van der Waals surface area contributed by atoms with Gasteiger partial charge < -0.3 is 20.1 Å². The van der Waals surface area contributed by atoms with E-state index in [1.807, 2.05) is 0 Å². The molecule has 2 aromatic carbocycles. The van der Waals surface area contributed by atoms with Crippen molar-refractivity contribution in [2.75, 3.05) is 5.73 Å². The van der Waals surface area contributed by atoms with Crippen LogP contribution in [0.25, 0.3) is 22.2 Å². The number of ether oxygens (including phenoxy) is 1. The second-order valence-corrected chi connectivity index (χ2v) is 6.31. The van der Waals surface area contributed by atoms with Crippen LogP contribution in [0.5, 0.6) is 17.4 Å². The number of nitrogen functional groups attached to an aromatic ring is 1. The number of nitrogens with zero attached hydrogens (tertiary/aromatic N) is 2. The van der Waals surface area contributed by atoms with Crippen molar-refractivity contribution >= 4 is 40.0 Å². The molecule has 6 nitrogen and oxygen atoms in total. The predicted octanol–water partition coefficient (Wildman–Crippen LogP) is 5.28. The SMILES string of the molecule is Nc1nc(Oc2ccc(Cl)cc2)ccc1-c1noc2cc(Cl)c(O)cc12. The Balaban J connectivity index is 1.70. The largest absolute Gasteiger partial charge is 0.506 e. The Bertz CT molecular complexity index is 1110. The minimum atomic E-state index is -0.0714. The number of phenolic OH excluding ortho intramolecular Hbond substituents is 1. The highest BCUT2D eigenvalue weighted by molar-refractivity contribution is 6.32. The maximum absolute atomic E-state index is 9.83. The second kappa shape index (κ2) is 6.40. The van der Waals surface area contributed by atoms with Crippen LogP contribution in [0, 0.1) is 0 Å². The van der Waals surface area contributed by atoms with E-state index >= 15 is 0 Å². The van der Waals surface area contributed by atoms with E-state index in [4.69, 9.17) is 38.2 Å². The number of hydrogen-bond acceptors (Lipinski definition) is 6. The Kier molecular flexibility index (Phi) is 4.06. The monoisotopic (exact) mass is 387 g/mol. The molecule has 0 saturated heterocycles. The molecule has 0 fully saturated rings. The number of nitrogens with two attached hydrogens (primary N) is 1. The zero-order valence-electron chi connectivity index (χ0n) is 13.1. The normalized spacial score (nSPS) is 11.0. The van der Waals surface area contributed by atoms with Crippen LogP contribution in [-0.2, 0) is 0 Å².